The number of pyridine rings is 3. The number of likely N-dealkylation sites (tertiary alicyclic amines) is 1. The van der Waals surface area contributed by atoms with Crippen LogP contribution in [0.4, 0.5) is 4.39 Å². The fourth-order valence-corrected chi connectivity index (χ4v) is 5.65. The molecule has 3 aromatic rings. The van der Waals surface area contributed by atoms with Gasteiger partial charge in [0.1, 0.15) is 18.1 Å². The lowest BCUT2D eigenvalue weighted by Crippen LogP contribution is -2.46. The number of hydrogen-bond donors (Lipinski definition) is 1. The van der Waals surface area contributed by atoms with E-state index in [2.05, 4.69) is 26.3 Å². The first kappa shape index (κ1) is 20.9. The van der Waals surface area contributed by atoms with Crippen molar-refractivity contribution >= 4 is 22.8 Å². The summed E-state index contributed by atoms with van der Waals surface area (Å²) in [4.78, 5) is 24.8. The summed E-state index contributed by atoms with van der Waals surface area (Å²) in [5.41, 5.74) is 1.91. The Morgan fingerprint density at radius 1 is 1.18 bits per heavy atom. The molecule has 3 aliphatic rings. The zero-order chi connectivity index (χ0) is 22.4. The van der Waals surface area contributed by atoms with Gasteiger partial charge in [0.2, 0.25) is 0 Å². The summed E-state index contributed by atoms with van der Waals surface area (Å²) in [6.07, 6.45) is 4.99. The SMILES string of the molecule is O=c1ccc2ncc(F)c3c2n1[C@@H](CN1CCC(NCc2cc4c(cn2)OCS4)CC1)CO3. The molecule has 10 heteroatoms. The van der Waals surface area contributed by atoms with Gasteiger partial charge in [0.25, 0.3) is 5.56 Å². The van der Waals surface area contributed by atoms with Gasteiger partial charge in [-0.2, -0.15) is 0 Å². The molecule has 0 radical (unpaired) electrons. The number of thioether (sulfide) groups is 1. The first-order valence-electron chi connectivity index (χ1n) is 11.2. The van der Waals surface area contributed by atoms with Crippen LogP contribution in [0.2, 0.25) is 0 Å². The molecule has 0 aromatic carbocycles. The number of halogens is 1. The molecule has 3 aromatic heterocycles. The molecular weight excluding hydrogens is 445 g/mol. The molecule has 1 atom stereocenters. The normalized spacial score (nSPS) is 20.5. The Bertz CT molecular complexity index is 1260. The van der Waals surface area contributed by atoms with Crippen LogP contribution < -0.4 is 20.3 Å². The third kappa shape index (κ3) is 3.96. The van der Waals surface area contributed by atoms with Crippen LogP contribution in [-0.2, 0) is 6.54 Å². The van der Waals surface area contributed by atoms with Crippen molar-refractivity contribution in [1.29, 1.82) is 0 Å². The molecular formula is C23H24FN5O3S. The van der Waals surface area contributed by atoms with E-state index in [1.54, 1.807) is 22.4 Å². The van der Waals surface area contributed by atoms with Crippen molar-refractivity contribution in [3.05, 3.63) is 52.5 Å². The molecule has 33 heavy (non-hydrogen) atoms. The van der Waals surface area contributed by atoms with E-state index in [0.717, 1.165) is 55.0 Å². The van der Waals surface area contributed by atoms with E-state index in [4.69, 9.17) is 9.47 Å². The molecule has 1 saturated heterocycles. The quantitative estimate of drug-likeness (QED) is 0.611. The van der Waals surface area contributed by atoms with Crippen LogP contribution in [0.3, 0.4) is 0 Å². The molecule has 1 N–H and O–H groups in total. The van der Waals surface area contributed by atoms with Crippen LogP contribution in [0, 0.1) is 5.82 Å². The summed E-state index contributed by atoms with van der Waals surface area (Å²) < 4.78 is 27.1. The molecule has 6 heterocycles. The van der Waals surface area contributed by atoms with Gasteiger partial charge in [-0.05, 0) is 38.1 Å². The van der Waals surface area contributed by atoms with E-state index in [0.29, 0.717) is 29.6 Å². The van der Waals surface area contributed by atoms with Crippen molar-refractivity contribution in [3.63, 3.8) is 0 Å². The van der Waals surface area contributed by atoms with Crippen molar-refractivity contribution in [2.45, 2.75) is 36.4 Å². The minimum absolute atomic E-state index is 0.127. The van der Waals surface area contributed by atoms with Gasteiger partial charge in [-0.25, -0.2) is 4.39 Å². The molecule has 0 spiro atoms. The molecule has 0 unspecified atom stereocenters. The average Bonchev–Trinajstić information content (AvgIpc) is 3.31. The number of ether oxygens (including phenoxy) is 2. The second kappa shape index (κ2) is 8.58. The maximum Gasteiger partial charge on any atom is 0.251 e. The van der Waals surface area contributed by atoms with Crippen molar-refractivity contribution in [1.82, 2.24) is 24.8 Å². The van der Waals surface area contributed by atoms with Crippen molar-refractivity contribution in [3.8, 4) is 11.5 Å². The Balaban J connectivity index is 1.09. The smallest absolute Gasteiger partial charge is 0.251 e. The molecule has 8 nitrogen and oxygen atoms in total. The fraction of sp³-hybridized carbons (Fsp3) is 0.435. The molecule has 6 rings (SSSR count). The minimum Gasteiger partial charge on any atom is -0.486 e. The molecule has 0 saturated carbocycles. The summed E-state index contributed by atoms with van der Waals surface area (Å²) in [5, 5.41) is 3.63. The summed E-state index contributed by atoms with van der Waals surface area (Å²) >= 11 is 1.70. The van der Waals surface area contributed by atoms with Gasteiger partial charge in [0, 0.05) is 25.2 Å². The molecule has 172 valence electrons. The Morgan fingerprint density at radius 2 is 2.06 bits per heavy atom. The van der Waals surface area contributed by atoms with Crippen molar-refractivity contribution in [2.24, 2.45) is 0 Å². The number of nitrogens with zero attached hydrogens (tertiary/aromatic N) is 4. The largest absolute Gasteiger partial charge is 0.486 e. The van der Waals surface area contributed by atoms with E-state index in [1.807, 2.05) is 6.20 Å². The second-order valence-corrected chi connectivity index (χ2v) is 9.62. The third-order valence-electron chi connectivity index (χ3n) is 6.58. The van der Waals surface area contributed by atoms with Crippen LogP contribution in [0.15, 0.2) is 40.3 Å². The molecule has 0 amide bonds. The lowest BCUT2D eigenvalue weighted by atomic mass is 10.0. The van der Waals surface area contributed by atoms with Crippen LogP contribution in [0.1, 0.15) is 24.6 Å². The van der Waals surface area contributed by atoms with Crippen molar-refractivity contribution in [2.75, 3.05) is 32.2 Å². The highest BCUT2D eigenvalue weighted by atomic mass is 32.2. The maximum atomic E-state index is 14.2. The highest BCUT2D eigenvalue weighted by Gasteiger charge is 2.29. The predicted molar refractivity (Wildman–Crippen MR) is 122 cm³/mol. The second-order valence-electron chi connectivity index (χ2n) is 8.66. The average molecular weight is 470 g/mol. The van der Waals surface area contributed by atoms with Gasteiger partial charge in [-0.15, -0.1) is 0 Å². The molecule has 1 fully saturated rings. The summed E-state index contributed by atoms with van der Waals surface area (Å²) in [5.74, 6) is 1.13. The first-order chi connectivity index (χ1) is 16.2. The lowest BCUT2D eigenvalue weighted by Gasteiger charge is -2.36. The van der Waals surface area contributed by atoms with Crippen LogP contribution >= 0.6 is 11.8 Å². The van der Waals surface area contributed by atoms with Crippen LogP contribution in [0.25, 0.3) is 11.0 Å². The highest BCUT2D eigenvalue weighted by molar-refractivity contribution is 7.99. The zero-order valence-corrected chi connectivity index (χ0v) is 18.8. The van der Waals surface area contributed by atoms with Gasteiger partial charge in [-0.1, -0.05) is 11.8 Å². The minimum atomic E-state index is -0.531. The summed E-state index contributed by atoms with van der Waals surface area (Å²) in [6, 6.07) is 5.49. The predicted octanol–water partition coefficient (Wildman–Crippen LogP) is 2.56. The highest BCUT2D eigenvalue weighted by Crippen LogP contribution is 2.35. The number of rotatable bonds is 5. The van der Waals surface area contributed by atoms with Gasteiger partial charge in [0.15, 0.2) is 17.3 Å². The van der Waals surface area contributed by atoms with Crippen LogP contribution in [-0.4, -0.2) is 57.7 Å². The molecule has 0 aliphatic carbocycles. The Kier molecular flexibility index (Phi) is 5.43. The Labute approximate surface area is 194 Å². The maximum absolute atomic E-state index is 14.2. The fourth-order valence-electron chi connectivity index (χ4n) is 4.86. The number of aromatic nitrogens is 3. The van der Waals surface area contributed by atoms with Crippen LogP contribution in [0.5, 0.6) is 11.5 Å². The topological polar surface area (TPSA) is 81.5 Å². The number of piperidine rings is 1. The monoisotopic (exact) mass is 469 g/mol. The van der Waals surface area contributed by atoms with Gasteiger partial charge >= 0.3 is 0 Å². The molecule has 3 aliphatic heterocycles. The summed E-state index contributed by atoms with van der Waals surface area (Å²) in [6.45, 7) is 3.55. The number of nitrogens with one attached hydrogen (secondary N) is 1. The number of hydrogen-bond acceptors (Lipinski definition) is 8. The van der Waals surface area contributed by atoms with Gasteiger partial charge < -0.3 is 19.7 Å². The Morgan fingerprint density at radius 3 is 2.94 bits per heavy atom. The van der Waals surface area contributed by atoms with Gasteiger partial charge in [0.05, 0.1) is 34.5 Å². The van der Waals surface area contributed by atoms with E-state index in [1.165, 1.54) is 6.07 Å². The first-order valence-corrected chi connectivity index (χ1v) is 12.2. The summed E-state index contributed by atoms with van der Waals surface area (Å²) in [7, 11) is 0. The molecule has 0 bridgehead atoms. The van der Waals surface area contributed by atoms with Gasteiger partial charge in [-0.3, -0.25) is 19.3 Å². The van der Waals surface area contributed by atoms with E-state index in [9.17, 15) is 9.18 Å². The van der Waals surface area contributed by atoms with E-state index in [-0.39, 0.29) is 24.0 Å². The van der Waals surface area contributed by atoms with E-state index >= 15 is 0 Å². The standard InChI is InChI=1S/C23H24FN5O3S/c24-17-9-27-18-1-2-21(30)29-16(12-31-23(17)22(18)29)11-28-5-3-14(4-6-28)25-8-15-7-20-19(10-26-15)32-13-33-20/h1-2,7,9-10,14,16,25H,3-6,8,11-13H2/t16-/m0/s1. The van der Waals surface area contributed by atoms with Crippen molar-refractivity contribution < 1.29 is 13.9 Å². The Hall–Kier alpha value is -2.69. The number of fused-ring (bicyclic) bond motifs is 1. The lowest BCUT2D eigenvalue weighted by molar-refractivity contribution is 0.137. The van der Waals surface area contributed by atoms with E-state index < -0.39 is 5.82 Å². The zero-order valence-electron chi connectivity index (χ0n) is 18.0. The third-order valence-corrected chi connectivity index (χ3v) is 7.45.